The summed E-state index contributed by atoms with van der Waals surface area (Å²) >= 11 is 0. The van der Waals surface area contributed by atoms with Crippen molar-refractivity contribution in [3.8, 4) is 0 Å². The first-order valence-corrected chi connectivity index (χ1v) is 7.97. The number of carboxylic acid groups (broad SMARTS) is 2. The highest BCUT2D eigenvalue weighted by atomic mass is 35.5. The zero-order valence-electron chi connectivity index (χ0n) is 15.4. The van der Waals surface area contributed by atoms with E-state index in [1.54, 1.807) is 20.8 Å². The van der Waals surface area contributed by atoms with Crippen LogP contribution >= 0.6 is 12.4 Å². The van der Waals surface area contributed by atoms with E-state index < -0.39 is 73.5 Å². The highest BCUT2D eigenvalue weighted by Crippen LogP contribution is 2.33. The lowest BCUT2D eigenvalue weighted by Gasteiger charge is -2.26. The molecule has 1 unspecified atom stereocenters. The number of carbonyl (C=O) groups is 3. The van der Waals surface area contributed by atoms with Gasteiger partial charge in [-0.1, -0.05) is 7.43 Å². The first-order chi connectivity index (χ1) is 12.0. The maximum atomic E-state index is 13.1. The highest BCUT2D eigenvalue weighted by Gasteiger charge is 2.51. The summed E-state index contributed by atoms with van der Waals surface area (Å²) in [5, 5.41) is 19.2. The molecule has 2 aliphatic heterocycles. The molecule has 2 heterocycles. The van der Waals surface area contributed by atoms with Crippen LogP contribution in [0.5, 0.6) is 0 Å². The van der Waals surface area contributed by atoms with Gasteiger partial charge in [-0.25, -0.2) is 27.2 Å². The molecule has 2 aliphatic rings. The molecule has 2 saturated heterocycles. The number of likely N-dealkylation sites (tertiary alicyclic amines) is 1. The smallest absolute Gasteiger partial charge is 0.411 e. The molecule has 0 aromatic heterocycles. The Balaban J connectivity index is 0. The van der Waals surface area contributed by atoms with E-state index in [4.69, 9.17) is 14.9 Å². The summed E-state index contributed by atoms with van der Waals surface area (Å²) in [6.45, 7) is 3.29. The van der Waals surface area contributed by atoms with Gasteiger partial charge in [-0.05, 0) is 20.8 Å². The van der Waals surface area contributed by atoms with Crippen LogP contribution in [0, 0.1) is 0 Å². The molecule has 0 saturated carbocycles. The normalized spacial score (nSPS) is 24.3. The third-order valence-electron chi connectivity index (χ3n) is 3.59. The van der Waals surface area contributed by atoms with Crippen LogP contribution in [-0.2, 0) is 14.3 Å². The van der Waals surface area contributed by atoms with E-state index in [1.165, 1.54) is 0 Å². The molecule has 0 radical (unpaired) electrons. The summed E-state index contributed by atoms with van der Waals surface area (Å²) in [7, 11) is 0. The Labute approximate surface area is 172 Å². The minimum Gasteiger partial charge on any atom is -0.480 e. The first kappa shape index (κ1) is 29.4. The third kappa shape index (κ3) is 9.48. The molecule has 3 N–H and O–H groups in total. The van der Waals surface area contributed by atoms with Gasteiger partial charge >= 0.3 is 18.0 Å². The van der Waals surface area contributed by atoms with Gasteiger partial charge in [0.1, 0.15) is 17.7 Å². The number of nitrogens with one attached hydrogen (secondary N) is 1. The topological polar surface area (TPSA) is 116 Å². The van der Waals surface area contributed by atoms with Crippen LogP contribution in [0.4, 0.5) is 22.4 Å². The van der Waals surface area contributed by atoms with Crippen molar-refractivity contribution in [3.05, 3.63) is 0 Å². The van der Waals surface area contributed by atoms with Gasteiger partial charge in [0.25, 0.3) is 11.8 Å². The molecule has 13 heteroatoms. The molecule has 1 amide bonds. The van der Waals surface area contributed by atoms with Gasteiger partial charge in [0.2, 0.25) is 0 Å². The van der Waals surface area contributed by atoms with E-state index in [0.717, 1.165) is 0 Å². The fourth-order valence-corrected chi connectivity index (χ4v) is 2.44. The largest absolute Gasteiger partial charge is 0.480 e. The van der Waals surface area contributed by atoms with Gasteiger partial charge in [-0.15, -0.1) is 12.4 Å². The van der Waals surface area contributed by atoms with Gasteiger partial charge in [-0.3, -0.25) is 15.0 Å². The van der Waals surface area contributed by atoms with Crippen LogP contribution < -0.4 is 5.32 Å². The van der Waals surface area contributed by atoms with Gasteiger partial charge in [0.05, 0.1) is 13.1 Å². The molecule has 0 bridgehead atoms. The molecule has 172 valence electrons. The van der Waals surface area contributed by atoms with Gasteiger partial charge in [0.15, 0.2) is 0 Å². The molecule has 0 spiro atoms. The number of rotatable bonds is 2. The summed E-state index contributed by atoms with van der Waals surface area (Å²) in [4.78, 5) is 33.0. The number of carboxylic acids is 2. The second-order valence-electron chi connectivity index (χ2n) is 7.35. The van der Waals surface area contributed by atoms with Crippen molar-refractivity contribution in [2.45, 2.75) is 70.6 Å². The zero-order chi connectivity index (χ0) is 21.2. The molecule has 29 heavy (non-hydrogen) atoms. The molecular formula is C16H27ClF4N2O6. The fourth-order valence-electron chi connectivity index (χ4n) is 2.44. The summed E-state index contributed by atoms with van der Waals surface area (Å²) in [6.07, 6.45) is -2.49. The lowest BCUT2D eigenvalue weighted by Crippen LogP contribution is -2.43. The van der Waals surface area contributed by atoms with Crippen LogP contribution in [0.15, 0.2) is 0 Å². The van der Waals surface area contributed by atoms with Gasteiger partial charge < -0.3 is 14.9 Å². The quantitative estimate of drug-likeness (QED) is 0.549. The summed E-state index contributed by atoms with van der Waals surface area (Å²) < 4.78 is 55.5. The van der Waals surface area contributed by atoms with Crippen LogP contribution in [0.1, 0.15) is 41.0 Å². The lowest BCUT2D eigenvalue weighted by atomic mass is 10.2. The predicted molar refractivity (Wildman–Crippen MR) is 96.9 cm³/mol. The molecule has 8 nitrogen and oxygen atoms in total. The van der Waals surface area contributed by atoms with E-state index in [0.29, 0.717) is 4.90 Å². The maximum absolute atomic E-state index is 13.1. The summed E-state index contributed by atoms with van der Waals surface area (Å²) in [5.74, 6) is -8.69. The molecule has 2 rings (SSSR count). The van der Waals surface area contributed by atoms with Crippen molar-refractivity contribution >= 4 is 30.4 Å². The van der Waals surface area contributed by atoms with Crippen molar-refractivity contribution in [2.24, 2.45) is 0 Å². The lowest BCUT2D eigenvalue weighted by molar-refractivity contribution is -0.142. The Kier molecular flexibility index (Phi) is 10.4. The van der Waals surface area contributed by atoms with Crippen molar-refractivity contribution in [2.75, 3.05) is 13.1 Å². The van der Waals surface area contributed by atoms with E-state index in [-0.39, 0.29) is 19.8 Å². The summed E-state index contributed by atoms with van der Waals surface area (Å²) in [6, 6.07) is -2.60. The molecule has 0 aliphatic carbocycles. The van der Waals surface area contributed by atoms with Gasteiger partial charge in [-0.2, -0.15) is 0 Å². The van der Waals surface area contributed by atoms with Crippen LogP contribution in [-0.4, -0.2) is 75.8 Å². The third-order valence-corrected chi connectivity index (χ3v) is 3.59. The van der Waals surface area contributed by atoms with Crippen molar-refractivity contribution in [1.82, 2.24) is 10.2 Å². The molecule has 0 aromatic rings. The van der Waals surface area contributed by atoms with Crippen LogP contribution in [0.2, 0.25) is 0 Å². The van der Waals surface area contributed by atoms with Crippen molar-refractivity contribution in [1.29, 1.82) is 0 Å². The first-order valence-electron chi connectivity index (χ1n) is 7.97. The number of amides is 1. The van der Waals surface area contributed by atoms with E-state index in [9.17, 15) is 31.9 Å². The van der Waals surface area contributed by atoms with Gasteiger partial charge in [0, 0.05) is 12.8 Å². The number of nitrogens with zero attached hydrogens (tertiary/aromatic N) is 1. The number of ether oxygens (including phenoxy) is 1. The van der Waals surface area contributed by atoms with E-state index in [2.05, 4.69) is 5.32 Å². The second-order valence-corrected chi connectivity index (χ2v) is 7.35. The Bertz CT molecular complexity index is 600. The number of alkyl halides is 4. The number of aliphatic carboxylic acids is 2. The standard InChI is InChI=1S/C10H15F2NO4.C5H7F2NO2.CH4.ClH/c1-9(2,3)17-8(16)13-5-10(11,12)4-6(13)7(14)15;6-5(7)1-3(4(9)10)8-2-5;;/h6H,4-5H2,1-3H3,(H,14,15);3,8H,1-2H2,(H,9,10);1H4;1H/t6-;;;/m0.../s1. The molecular weight excluding hydrogens is 428 g/mol. The summed E-state index contributed by atoms with van der Waals surface area (Å²) in [5.41, 5.74) is -0.849. The average molecular weight is 455 g/mol. The highest BCUT2D eigenvalue weighted by molar-refractivity contribution is 5.85. The predicted octanol–water partition coefficient (Wildman–Crippen LogP) is 2.84. The SMILES string of the molecule is C.CC(C)(C)OC(=O)N1CC(F)(F)C[C@H]1C(=O)O.Cl.O=C(O)C1CC(F)(F)CN1. The monoisotopic (exact) mass is 454 g/mol. The van der Waals surface area contributed by atoms with E-state index >= 15 is 0 Å². The Morgan fingerprint density at radius 2 is 1.55 bits per heavy atom. The zero-order valence-corrected chi connectivity index (χ0v) is 16.2. The minimum absolute atomic E-state index is 0. The minimum atomic E-state index is -3.18. The molecule has 2 atom stereocenters. The van der Waals surface area contributed by atoms with Crippen molar-refractivity contribution in [3.63, 3.8) is 0 Å². The Hall–Kier alpha value is -1.82. The Morgan fingerprint density at radius 1 is 1.03 bits per heavy atom. The number of hydrogen-bond donors (Lipinski definition) is 3. The Morgan fingerprint density at radius 3 is 1.86 bits per heavy atom. The fraction of sp³-hybridized carbons (Fsp3) is 0.812. The molecule has 0 aromatic carbocycles. The van der Waals surface area contributed by atoms with Crippen molar-refractivity contribution < 1.29 is 46.9 Å². The maximum Gasteiger partial charge on any atom is 0.411 e. The average Bonchev–Trinajstić information content (AvgIpc) is 2.97. The molecule has 2 fully saturated rings. The number of hydrogen-bond acceptors (Lipinski definition) is 5. The van der Waals surface area contributed by atoms with Crippen LogP contribution in [0.3, 0.4) is 0 Å². The number of carbonyl (C=O) groups excluding carboxylic acids is 1. The second kappa shape index (κ2) is 10.3. The number of halogens is 5. The van der Waals surface area contributed by atoms with E-state index in [1.807, 2.05) is 0 Å². The van der Waals surface area contributed by atoms with Crippen LogP contribution in [0.25, 0.3) is 0 Å².